The first-order chi connectivity index (χ1) is 17.0. The van der Waals surface area contributed by atoms with Gasteiger partial charge in [-0.2, -0.15) is 0 Å². The molecule has 0 atom stereocenters. The van der Waals surface area contributed by atoms with Crippen LogP contribution in [0.15, 0.2) is 72.8 Å². The highest BCUT2D eigenvalue weighted by atomic mass is 16.5. The normalized spacial score (nSPS) is 13.9. The van der Waals surface area contributed by atoms with Gasteiger partial charge in [-0.05, 0) is 66.9 Å². The summed E-state index contributed by atoms with van der Waals surface area (Å²) in [4.78, 5) is 39.0. The van der Waals surface area contributed by atoms with Crippen LogP contribution in [0.2, 0.25) is 0 Å². The predicted octanol–water partition coefficient (Wildman–Crippen LogP) is 4.53. The molecule has 3 aromatic rings. The van der Waals surface area contributed by atoms with Crippen LogP contribution in [0.4, 0.5) is 0 Å². The van der Waals surface area contributed by atoms with Gasteiger partial charge in [-0.15, -0.1) is 0 Å². The zero-order valence-corrected chi connectivity index (χ0v) is 19.6. The molecule has 0 unspecified atom stereocenters. The van der Waals surface area contributed by atoms with E-state index in [1.54, 1.807) is 60.7 Å². The summed E-state index contributed by atoms with van der Waals surface area (Å²) in [6, 6.07) is 20.3. The number of carbonyl (C=O) groups is 3. The lowest BCUT2D eigenvalue weighted by Gasteiger charge is -2.35. The van der Waals surface area contributed by atoms with E-state index in [1.165, 1.54) is 14.2 Å². The molecule has 0 heterocycles. The monoisotopic (exact) mass is 474 g/mol. The highest BCUT2D eigenvalue weighted by Gasteiger charge is 2.45. The van der Waals surface area contributed by atoms with Crippen LogP contribution in [0.1, 0.15) is 43.1 Å². The number of fused-ring (bicyclic) bond motifs is 1. The molecule has 0 saturated heterocycles. The van der Waals surface area contributed by atoms with Gasteiger partial charge in [-0.3, -0.25) is 4.79 Å². The Morgan fingerprint density at radius 2 is 1.23 bits per heavy atom. The van der Waals surface area contributed by atoms with Gasteiger partial charge in [0.25, 0.3) is 0 Å². The Bertz CT molecular complexity index is 1150. The van der Waals surface area contributed by atoms with E-state index in [9.17, 15) is 14.4 Å². The van der Waals surface area contributed by atoms with Gasteiger partial charge >= 0.3 is 11.9 Å². The average molecular weight is 475 g/mol. The molecule has 7 nitrogen and oxygen atoms in total. The van der Waals surface area contributed by atoms with Gasteiger partial charge < -0.3 is 18.9 Å². The molecule has 4 rings (SSSR count). The molecule has 1 aliphatic rings. The van der Waals surface area contributed by atoms with E-state index in [2.05, 4.69) is 0 Å². The van der Waals surface area contributed by atoms with E-state index in [-0.39, 0.29) is 19.0 Å². The van der Waals surface area contributed by atoms with Gasteiger partial charge in [0.2, 0.25) is 0 Å². The fraction of sp³-hybridized carbons (Fsp3) is 0.250. The Morgan fingerprint density at radius 1 is 0.743 bits per heavy atom. The third kappa shape index (κ3) is 5.19. The minimum Gasteiger partial charge on any atom is -0.497 e. The molecule has 0 bridgehead atoms. The highest BCUT2D eigenvalue weighted by molar-refractivity contribution is 6.03. The molecule has 0 saturated carbocycles. The lowest BCUT2D eigenvalue weighted by Crippen LogP contribution is -2.45. The minimum atomic E-state index is -1.18. The van der Waals surface area contributed by atoms with Crippen molar-refractivity contribution < 1.29 is 33.3 Å². The number of ether oxygens (including phenoxy) is 4. The molecule has 1 aliphatic carbocycles. The number of benzene rings is 3. The van der Waals surface area contributed by atoms with Crippen LogP contribution < -0.4 is 9.47 Å². The van der Waals surface area contributed by atoms with Crippen molar-refractivity contribution in [3.8, 4) is 11.5 Å². The maximum atomic E-state index is 13.6. The van der Waals surface area contributed by atoms with Crippen LogP contribution in [0.5, 0.6) is 11.5 Å². The molecule has 0 radical (unpaired) electrons. The molecular weight excluding hydrogens is 448 g/mol. The molecule has 3 aromatic carbocycles. The number of ketones is 1. The summed E-state index contributed by atoms with van der Waals surface area (Å²) in [5.74, 6) is -0.116. The van der Waals surface area contributed by atoms with Gasteiger partial charge in [0.1, 0.15) is 30.1 Å². The quantitative estimate of drug-likeness (QED) is 0.443. The van der Waals surface area contributed by atoms with Crippen molar-refractivity contribution >= 4 is 17.7 Å². The van der Waals surface area contributed by atoms with E-state index in [0.29, 0.717) is 41.0 Å². The Kier molecular flexibility index (Phi) is 7.15. The van der Waals surface area contributed by atoms with Gasteiger partial charge in [0.15, 0.2) is 5.78 Å². The van der Waals surface area contributed by atoms with Crippen LogP contribution in [0, 0.1) is 5.41 Å². The minimum absolute atomic E-state index is 0.204. The topological polar surface area (TPSA) is 88.1 Å². The first-order valence-electron chi connectivity index (χ1n) is 11.2. The first kappa shape index (κ1) is 24.0. The van der Waals surface area contributed by atoms with Gasteiger partial charge in [0.05, 0.1) is 25.3 Å². The number of esters is 2. The van der Waals surface area contributed by atoms with E-state index >= 15 is 0 Å². The van der Waals surface area contributed by atoms with Crippen molar-refractivity contribution in [3.63, 3.8) is 0 Å². The largest absolute Gasteiger partial charge is 0.497 e. The molecule has 0 amide bonds. The summed E-state index contributed by atoms with van der Waals surface area (Å²) in [5, 5.41) is 0. The molecule has 7 heteroatoms. The number of hydrogen-bond acceptors (Lipinski definition) is 7. The van der Waals surface area contributed by atoms with Crippen molar-refractivity contribution in [2.75, 3.05) is 27.4 Å². The van der Waals surface area contributed by atoms with Crippen molar-refractivity contribution in [1.82, 2.24) is 0 Å². The summed E-state index contributed by atoms with van der Waals surface area (Å²) in [5.41, 5.74) is 0.967. The maximum Gasteiger partial charge on any atom is 0.338 e. The van der Waals surface area contributed by atoms with E-state index in [4.69, 9.17) is 18.9 Å². The van der Waals surface area contributed by atoms with Crippen molar-refractivity contribution in [3.05, 3.63) is 95.1 Å². The van der Waals surface area contributed by atoms with Crippen molar-refractivity contribution in [2.24, 2.45) is 5.41 Å². The zero-order valence-electron chi connectivity index (χ0n) is 19.6. The number of carbonyl (C=O) groups excluding carboxylic acids is 3. The summed E-state index contributed by atoms with van der Waals surface area (Å²) in [7, 11) is 3.08. The van der Waals surface area contributed by atoms with Crippen LogP contribution in [-0.4, -0.2) is 45.2 Å². The second-order valence-corrected chi connectivity index (χ2v) is 8.38. The number of methoxy groups -OCH3 is 2. The fourth-order valence-electron chi connectivity index (χ4n) is 4.08. The molecule has 180 valence electrons. The SMILES string of the molecule is COc1ccc(C(=O)OCC2(COC(=O)c3ccc(OC)cc3)CCc3ccccc3C2=O)cc1. The van der Waals surface area contributed by atoms with Gasteiger partial charge in [0, 0.05) is 5.56 Å². The molecule has 0 N–H and O–H groups in total. The zero-order chi connectivity index (χ0) is 24.8. The summed E-state index contributed by atoms with van der Waals surface area (Å²) < 4.78 is 21.4. The summed E-state index contributed by atoms with van der Waals surface area (Å²) >= 11 is 0. The molecule has 35 heavy (non-hydrogen) atoms. The maximum absolute atomic E-state index is 13.6. The standard InChI is InChI=1S/C28H26O7/c1-32-22-11-7-20(8-12-22)26(30)34-17-28(16-15-19-5-3-4-6-24(19)25(28)29)18-35-27(31)21-9-13-23(33-2)14-10-21/h3-14H,15-18H2,1-2H3. The van der Waals surface area contributed by atoms with Crippen molar-refractivity contribution in [2.45, 2.75) is 12.8 Å². The Hall–Kier alpha value is -4.13. The lowest BCUT2D eigenvalue weighted by molar-refractivity contribution is -0.00337. The molecular formula is C28H26O7. The van der Waals surface area contributed by atoms with Crippen molar-refractivity contribution in [1.29, 1.82) is 0 Å². The first-order valence-corrected chi connectivity index (χ1v) is 11.2. The number of rotatable bonds is 8. The Balaban J connectivity index is 1.53. The fourth-order valence-corrected chi connectivity index (χ4v) is 4.08. The predicted molar refractivity (Wildman–Crippen MR) is 128 cm³/mol. The number of hydrogen-bond donors (Lipinski definition) is 0. The average Bonchev–Trinajstić information content (AvgIpc) is 2.92. The molecule has 0 fully saturated rings. The molecule has 0 spiro atoms. The third-order valence-electron chi connectivity index (χ3n) is 6.23. The second kappa shape index (κ2) is 10.4. The second-order valence-electron chi connectivity index (χ2n) is 8.38. The Labute approximate surface area is 203 Å². The van der Waals surface area contributed by atoms with Crippen LogP contribution >= 0.6 is 0 Å². The lowest BCUT2D eigenvalue weighted by atomic mass is 9.71. The smallest absolute Gasteiger partial charge is 0.338 e. The van der Waals surface area contributed by atoms with E-state index in [0.717, 1.165) is 5.56 Å². The number of aryl methyl sites for hydroxylation is 1. The highest BCUT2D eigenvalue weighted by Crippen LogP contribution is 2.37. The van der Waals surface area contributed by atoms with Crippen LogP contribution in [0.3, 0.4) is 0 Å². The third-order valence-corrected chi connectivity index (χ3v) is 6.23. The molecule has 0 aromatic heterocycles. The Morgan fingerprint density at radius 3 is 1.71 bits per heavy atom. The summed E-state index contributed by atoms with van der Waals surface area (Å²) in [6.07, 6.45) is 0.983. The van der Waals surface area contributed by atoms with Gasteiger partial charge in [-0.25, -0.2) is 9.59 Å². The van der Waals surface area contributed by atoms with Crippen LogP contribution in [-0.2, 0) is 15.9 Å². The van der Waals surface area contributed by atoms with E-state index in [1.807, 2.05) is 12.1 Å². The number of Topliss-reactive ketones (excluding diaryl/α,β-unsaturated/α-hetero) is 1. The molecule has 0 aliphatic heterocycles. The van der Waals surface area contributed by atoms with E-state index < -0.39 is 17.4 Å². The van der Waals surface area contributed by atoms with Crippen LogP contribution in [0.25, 0.3) is 0 Å². The summed E-state index contributed by atoms with van der Waals surface area (Å²) in [6.45, 7) is -0.415. The van der Waals surface area contributed by atoms with Gasteiger partial charge in [-0.1, -0.05) is 24.3 Å².